The summed E-state index contributed by atoms with van der Waals surface area (Å²) >= 11 is 0. The zero-order valence-corrected chi connectivity index (χ0v) is 27.4. The van der Waals surface area contributed by atoms with Gasteiger partial charge in [-0.2, -0.15) is 0 Å². The number of aromatic nitrogens is 4. The summed E-state index contributed by atoms with van der Waals surface area (Å²) < 4.78 is 11.2. The van der Waals surface area contributed by atoms with Gasteiger partial charge in [0.2, 0.25) is 0 Å². The normalized spacial score (nSPS) is 11.9. The number of rotatable bonds is 4. The molecule has 4 heterocycles. The third-order valence-electron chi connectivity index (χ3n) is 10.2. The highest BCUT2D eigenvalue weighted by Gasteiger charge is 2.24. The Morgan fingerprint density at radius 3 is 1.73 bits per heavy atom. The fraction of sp³-hybridized carbons (Fsp3) is 0. The molecule has 0 radical (unpaired) electrons. The summed E-state index contributed by atoms with van der Waals surface area (Å²) in [6, 6.07) is 59.5. The van der Waals surface area contributed by atoms with E-state index >= 15 is 0 Å². The third kappa shape index (κ3) is 4.09. The topological polar surface area (TPSA) is 48.8 Å². The van der Waals surface area contributed by atoms with Crippen LogP contribution in [0.3, 0.4) is 0 Å². The number of para-hydroxylation sites is 5. The molecule has 0 fully saturated rings. The maximum Gasteiger partial charge on any atom is 0.197 e. The van der Waals surface area contributed by atoms with Gasteiger partial charge in [-0.15, -0.1) is 0 Å². The third-order valence-corrected chi connectivity index (χ3v) is 10.2. The van der Waals surface area contributed by atoms with E-state index in [2.05, 4.69) is 161 Å². The quantitative estimate of drug-likeness (QED) is 0.190. The fourth-order valence-corrected chi connectivity index (χ4v) is 7.90. The highest BCUT2D eigenvalue weighted by molar-refractivity contribution is 6.13. The fourth-order valence-electron chi connectivity index (χ4n) is 7.90. The van der Waals surface area contributed by atoms with Crippen LogP contribution in [-0.4, -0.2) is 19.1 Å². The Kier molecular flexibility index (Phi) is 5.89. The Hall–Kier alpha value is -6.98. The second kappa shape index (κ2) is 10.8. The molecule has 0 aliphatic carbocycles. The number of nitrogens with zero attached hydrogens (tertiary/aromatic N) is 4. The minimum Gasteiger partial charge on any atom is -0.450 e. The van der Waals surface area contributed by atoms with Gasteiger partial charge in [0, 0.05) is 32.5 Å². The van der Waals surface area contributed by atoms with Crippen molar-refractivity contribution in [3.05, 3.63) is 170 Å². The van der Waals surface area contributed by atoms with Crippen molar-refractivity contribution in [3.63, 3.8) is 0 Å². The molecule has 51 heavy (non-hydrogen) atoms. The summed E-state index contributed by atoms with van der Waals surface area (Å²) in [4.78, 5) is 10.8. The van der Waals surface area contributed by atoms with E-state index in [-0.39, 0.29) is 0 Å². The molecule has 0 aliphatic rings. The molecule has 0 atom stereocenters. The summed E-state index contributed by atoms with van der Waals surface area (Å²) in [6.45, 7) is 0. The standard InChI is InChI=1S/C46H28N4O/c1-2-14-29(15-3-1)30-26-27-41-36(28-30)33-18-6-11-23-39(33)50(41)46-44-43(35-20-8-13-25-42(35)51-44)47-45(48-46)34-19-7-12-24-40(34)49-37-21-9-4-16-31(37)32-17-5-10-22-38(32)49/h1-28H. The lowest BCUT2D eigenvalue weighted by molar-refractivity contribution is 0.662. The summed E-state index contributed by atoms with van der Waals surface area (Å²) in [5, 5.41) is 5.68. The lowest BCUT2D eigenvalue weighted by Crippen LogP contribution is -2.04. The highest BCUT2D eigenvalue weighted by atomic mass is 16.3. The van der Waals surface area contributed by atoms with Crippen LogP contribution in [0.15, 0.2) is 174 Å². The average Bonchev–Trinajstić information content (AvgIpc) is 3.85. The number of fused-ring (bicyclic) bond motifs is 9. The molecule has 4 aromatic heterocycles. The Morgan fingerprint density at radius 2 is 0.980 bits per heavy atom. The first kappa shape index (κ1) is 27.9. The number of benzene rings is 7. The van der Waals surface area contributed by atoms with Crippen LogP contribution in [0.5, 0.6) is 0 Å². The van der Waals surface area contributed by atoms with E-state index in [0.29, 0.717) is 17.2 Å². The molecule has 0 bridgehead atoms. The first-order chi connectivity index (χ1) is 25.3. The summed E-state index contributed by atoms with van der Waals surface area (Å²) in [5.74, 6) is 1.34. The molecule has 0 N–H and O–H groups in total. The Balaban J connectivity index is 1.24. The molecule has 0 unspecified atom stereocenters. The Labute approximate surface area is 292 Å². The van der Waals surface area contributed by atoms with Crippen LogP contribution >= 0.6 is 0 Å². The van der Waals surface area contributed by atoms with Crippen molar-refractivity contribution in [2.24, 2.45) is 0 Å². The monoisotopic (exact) mass is 652 g/mol. The van der Waals surface area contributed by atoms with E-state index in [9.17, 15) is 0 Å². The van der Waals surface area contributed by atoms with Crippen LogP contribution in [0.2, 0.25) is 0 Å². The van der Waals surface area contributed by atoms with Crippen LogP contribution in [0, 0.1) is 0 Å². The van der Waals surface area contributed by atoms with Gasteiger partial charge < -0.3 is 8.98 Å². The van der Waals surface area contributed by atoms with Crippen LogP contribution in [-0.2, 0) is 0 Å². The molecule has 0 saturated heterocycles. The van der Waals surface area contributed by atoms with Crippen LogP contribution in [0.1, 0.15) is 0 Å². The van der Waals surface area contributed by atoms with Crippen molar-refractivity contribution in [1.29, 1.82) is 0 Å². The average molecular weight is 653 g/mol. The maximum absolute atomic E-state index is 6.66. The van der Waals surface area contributed by atoms with Gasteiger partial charge in [0.1, 0.15) is 11.1 Å². The van der Waals surface area contributed by atoms with Gasteiger partial charge in [0.25, 0.3) is 0 Å². The molecule has 11 rings (SSSR count). The molecular formula is C46H28N4O. The molecule has 7 aromatic carbocycles. The molecule has 238 valence electrons. The summed E-state index contributed by atoms with van der Waals surface area (Å²) in [6.07, 6.45) is 0. The zero-order chi connectivity index (χ0) is 33.5. The first-order valence-electron chi connectivity index (χ1n) is 17.2. The van der Waals surface area contributed by atoms with E-state index < -0.39 is 0 Å². The van der Waals surface area contributed by atoms with Crippen molar-refractivity contribution in [3.8, 4) is 34.0 Å². The maximum atomic E-state index is 6.66. The molecule has 0 amide bonds. The van der Waals surface area contributed by atoms with E-state index in [0.717, 1.165) is 60.6 Å². The second-order valence-electron chi connectivity index (χ2n) is 13.0. The smallest absolute Gasteiger partial charge is 0.197 e. The van der Waals surface area contributed by atoms with Crippen molar-refractivity contribution >= 4 is 65.7 Å². The van der Waals surface area contributed by atoms with Gasteiger partial charge in [0.05, 0.1) is 27.8 Å². The van der Waals surface area contributed by atoms with Crippen molar-refractivity contribution in [1.82, 2.24) is 19.1 Å². The number of hydrogen-bond acceptors (Lipinski definition) is 3. The molecule has 0 spiro atoms. The van der Waals surface area contributed by atoms with Gasteiger partial charge in [-0.25, -0.2) is 9.97 Å². The molecular weight excluding hydrogens is 625 g/mol. The van der Waals surface area contributed by atoms with E-state index in [4.69, 9.17) is 14.4 Å². The molecule has 5 heteroatoms. The number of hydrogen-bond donors (Lipinski definition) is 0. The van der Waals surface area contributed by atoms with E-state index in [1.165, 1.54) is 21.9 Å². The summed E-state index contributed by atoms with van der Waals surface area (Å²) in [7, 11) is 0. The molecule has 11 aromatic rings. The van der Waals surface area contributed by atoms with Crippen LogP contribution in [0.25, 0.3) is 99.7 Å². The van der Waals surface area contributed by atoms with Crippen molar-refractivity contribution in [2.45, 2.75) is 0 Å². The number of furan rings is 1. The van der Waals surface area contributed by atoms with E-state index in [1.54, 1.807) is 0 Å². The second-order valence-corrected chi connectivity index (χ2v) is 13.0. The van der Waals surface area contributed by atoms with Crippen LogP contribution < -0.4 is 0 Å². The van der Waals surface area contributed by atoms with Gasteiger partial charge in [-0.05, 0) is 65.7 Å². The zero-order valence-electron chi connectivity index (χ0n) is 27.4. The molecule has 5 nitrogen and oxygen atoms in total. The molecule has 0 aliphatic heterocycles. The minimum atomic E-state index is 0.633. The van der Waals surface area contributed by atoms with Crippen LogP contribution in [0.4, 0.5) is 0 Å². The van der Waals surface area contributed by atoms with Gasteiger partial charge in [0.15, 0.2) is 17.2 Å². The van der Waals surface area contributed by atoms with Gasteiger partial charge >= 0.3 is 0 Å². The van der Waals surface area contributed by atoms with Crippen molar-refractivity contribution < 1.29 is 4.42 Å². The molecule has 0 saturated carbocycles. The summed E-state index contributed by atoms with van der Waals surface area (Å²) in [5.41, 5.74) is 10.9. The highest BCUT2D eigenvalue weighted by Crippen LogP contribution is 2.41. The SMILES string of the molecule is c1ccc(-c2ccc3c(c2)c2ccccc2n3-c2nc(-c3ccccc3-n3c4ccccc4c4ccccc43)nc3c2oc2ccccc23)cc1. The van der Waals surface area contributed by atoms with Gasteiger partial charge in [-0.3, -0.25) is 4.57 Å². The lowest BCUT2D eigenvalue weighted by atomic mass is 10.0. The predicted molar refractivity (Wildman–Crippen MR) is 209 cm³/mol. The lowest BCUT2D eigenvalue weighted by Gasteiger charge is -2.14. The van der Waals surface area contributed by atoms with E-state index in [1.807, 2.05) is 18.2 Å². The predicted octanol–water partition coefficient (Wildman–Crippen LogP) is 11.9. The largest absolute Gasteiger partial charge is 0.450 e. The van der Waals surface area contributed by atoms with Gasteiger partial charge in [-0.1, -0.05) is 115 Å². The minimum absolute atomic E-state index is 0.633. The Morgan fingerprint density at radius 1 is 0.412 bits per heavy atom. The van der Waals surface area contributed by atoms with Crippen molar-refractivity contribution in [2.75, 3.05) is 0 Å². The Bertz CT molecular complexity index is 3090. The first-order valence-corrected chi connectivity index (χ1v) is 17.2.